The summed E-state index contributed by atoms with van der Waals surface area (Å²) in [4.78, 5) is 18.8. The summed E-state index contributed by atoms with van der Waals surface area (Å²) in [6.45, 7) is 4.20. The number of aromatic nitrogens is 2. The number of carbonyl (C=O) groups excluding carboxylic acids is 1. The third-order valence-corrected chi connectivity index (χ3v) is 3.34. The van der Waals surface area contributed by atoms with Crippen LogP contribution in [0.1, 0.15) is 37.7 Å². The van der Waals surface area contributed by atoms with Crippen LogP contribution in [0.4, 0.5) is 0 Å². The van der Waals surface area contributed by atoms with E-state index in [4.69, 9.17) is 0 Å². The zero-order valence-corrected chi connectivity index (χ0v) is 11.9. The number of carboxylic acids is 1. The highest BCUT2D eigenvalue weighted by Gasteiger charge is 2.26. The van der Waals surface area contributed by atoms with Crippen LogP contribution in [-0.2, 0) is 11.2 Å². The van der Waals surface area contributed by atoms with Crippen LogP contribution in [0.25, 0.3) is 0 Å². The van der Waals surface area contributed by atoms with E-state index in [0.29, 0.717) is 16.8 Å². The number of hydrogen-bond donors (Lipinski definition) is 1. The number of aromatic amines is 1. The summed E-state index contributed by atoms with van der Waals surface area (Å²) in [5, 5.41) is 11.2. The first-order chi connectivity index (χ1) is 8.25. The predicted octanol–water partition coefficient (Wildman–Crippen LogP) is 0.290. The lowest BCUT2D eigenvalue weighted by Crippen LogP contribution is -2.55. The van der Waals surface area contributed by atoms with Gasteiger partial charge in [0.1, 0.15) is 11.9 Å². The smallest absolute Gasteiger partial charge is 0.134 e. The number of likely N-dealkylation sites (N-methyl/N-ethyl adjacent to an activating group) is 1. The Morgan fingerprint density at radius 3 is 2.56 bits per heavy atom. The molecule has 0 aliphatic rings. The molecule has 0 aliphatic heterocycles. The van der Waals surface area contributed by atoms with Crippen molar-refractivity contribution in [3.63, 3.8) is 0 Å². The molecule has 1 heterocycles. The molecule has 18 heavy (non-hydrogen) atoms. The Hall–Kier alpha value is -1.36. The highest BCUT2D eigenvalue weighted by molar-refractivity contribution is 5.70. The molecule has 0 radical (unpaired) electrons. The van der Waals surface area contributed by atoms with Gasteiger partial charge in [-0.3, -0.25) is 0 Å². The number of carboxylic acid groups (broad SMARTS) is 1. The molecule has 0 saturated carbocycles. The lowest BCUT2D eigenvalue weighted by atomic mass is 10.1. The molecule has 1 N–H and O–H groups in total. The number of nitrogens with one attached hydrogen (secondary N) is 1. The molecule has 1 unspecified atom stereocenters. The maximum Gasteiger partial charge on any atom is 0.134 e. The van der Waals surface area contributed by atoms with Gasteiger partial charge >= 0.3 is 0 Å². The summed E-state index contributed by atoms with van der Waals surface area (Å²) in [6.07, 6.45) is 3.19. The molecule has 0 spiro atoms. The SMILES string of the molecule is CCC(C)c1nc(C[C@@H](C(=O)[O-])[N+](C)(C)C)c[nH]1. The summed E-state index contributed by atoms with van der Waals surface area (Å²) in [5.74, 6) is 0.255. The van der Waals surface area contributed by atoms with Gasteiger partial charge in [0.05, 0.1) is 32.8 Å². The first-order valence-electron chi connectivity index (χ1n) is 6.31. The molecular weight excluding hydrogens is 230 g/mol. The van der Waals surface area contributed by atoms with Crippen LogP contribution in [0, 0.1) is 0 Å². The van der Waals surface area contributed by atoms with Crippen LogP contribution in [-0.4, -0.2) is 47.6 Å². The summed E-state index contributed by atoms with van der Waals surface area (Å²) in [5.41, 5.74) is 0.785. The Balaban J connectivity index is 2.83. The fraction of sp³-hybridized carbons (Fsp3) is 0.692. The number of carbonyl (C=O) groups is 1. The molecule has 2 atom stereocenters. The van der Waals surface area contributed by atoms with Crippen LogP contribution < -0.4 is 5.11 Å². The van der Waals surface area contributed by atoms with Crippen LogP contribution in [0.5, 0.6) is 0 Å². The van der Waals surface area contributed by atoms with Crippen LogP contribution in [0.3, 0.4) is 0 Å². The summed E-state index contributed by atoms with van der Waals surface area (Å²) in [7, 11) is 5.55. The fourth-order valence-electron chi connectivity index (χ4n) is 1.80. The second-order valence-electron chi connectivity index (χ2n) is 5.74. The second-order valence-corrected chi connectivity index (χ2v) is 5.74. The van der Waals surface area contributed by atoms with Crippen molar-refractivity contribution in [1.29, 1.82) is 0 Å². The fourth-order valence-corrected chi connectivity index (χ4v) is 1.80. The Bertz CT molecular complexity index is 407. The van der Waals surface area contributed by atoms with Crippen LogP contribution in [0.2, 0.25) is 0 Å². The average molecular weight is 253 g/mol. The third-order valence-electron chi connectivity index (χ3n) is 3.34. The number of nitrogens with zero attached hydrogens (tertiary/aromatic N) is 2. The number of hydrogen-bond acceptors (Lipinski definition) is 3. The largest absolute Gasteiger partial charge is 0.544 e. The van der Waals surface area contributed by atoms with E-state index < -0.39 is 12.0 Å². The quantitative estimate of drug-likeness (QED) is 0.741. The van der Waals surface area contributed by atoms with Gasteiger partial charge in [-0.1, -0.05) is 13.8 Å². The molecule has 1 aromatic rings. The number of imidazole rings is 1. The minimum atomic E-state index is -1.03. The van der Waals surface area contributed by atoms with Crippen molar-refractivity contribution in [2.45, 2.75) is 38.6 Å². The molecule has 0 aromatic carbocycles. The summed E-state index contributed by atoms with van der Waals surface area (Å²) < 4.78 is 0.327. The molecule has 0 bridgehead atoms. The monoisotopic (exact) mass is 253 g/mol. The van der Waals surface area contributed by atoms with Crippen molar-refractivity contribution in [3.05, 3.63) is 17.7 Å². The van der Waals surface area contributed by atoms with E-state index in [-0.39, 0.29) is 0 Å². The van der Waals surface area contributed by atoms with E-state index in [2.05, 4.69) is 23.8 Å². The first kappa shape index (κ1) is 14.7. The Morgan fingerprint density at radius 2 is 2.11 bits per heavy atom. The Kier molecular flexibility index (Phi) is 4.51. The molecular formula is C13H23N3O2. The summed E-state index contributed by atoms with van der Waals surface area (Å²) >= 11 is 0. The van der Waals surface area contributed by atoms with Gasteiger partial charge < -0.3 is 19.4 Å². The standard InChI is InChI=1S/C13H23N3O2/c1-6-9(2)12-14-8-10(15-12)7-11(13(17)18)16(3,4)5/h8-9,11H,6-7H2,1-5H3,(H-,14,15,17,18)/t9?,11-/m0/s1. The normalized spacial score (nSPS) is 15.4. The highest BCUT2D eigenvalue weighted by atomic mass is 16.4. The van der Waals surface area contributed by atoms with Gasteiger partial charge in [-0.25, -0.2) is 4.98 Å². The van der Waals surface area contributed by atoms with Crippen molar-refractivity contribution in [3.8, 4) is 0 Å². The molecule has 0 fully saturated rings. The summed E-state index contributed by atoms with van der Waals surface area (Å²) in [6, 6.07) is -0.585. The van der Waals surface area contributed by atoms with Gasteiger partial charge in [0.15, 0.2) is 0 Å². The van der Waals surface area contributed by atoms with Gasteiger partial charge in [-0.05, 0) is 6.42 Å². The van der Waals surface area contributed by atoms with Gasteiger partial charge in [0.2, 0.25) is 0 Å². The minimum Gasteiger partial charge on any atom is -0.544 e. The first-order valence-corrected chi connectivity index (χ1v) is 6.31. The Morgan fingerprint density at radius 1 is 1.50 bits per heavy atom. The van der Waals surface area contributed by atoms with E-state index >= 15 is 0 Å². The number of rotatable bonds is 6. The predicted molar refractivity (Wildman–Crippen MR) is 67.8 cm³/mol. The van der Waals surface area contributed by atoms with E-state index in [1.165, 1.54) is 0 Å². The maximum absolute atomic E-state index is 11.2. The van der Waals surface area contributed by atoms with Gasteiger partial charge in [0.25, 0.3) is 0 Å². The Labute approximate surface area is 108 Å². The van der Waals surface area contributed by atoms with Crippen molar-refractivity contribution < 1.29 is 14.4 Å². The van der Waals surface area contributed by atoms with Gasteiger partial charge in [-0.15, -0.1) is 0 Å². The van der Waals surface area contributed by atoms with Crippen molar-refractivity contribution in [2.24, 2.45) is 0 Å². The number of H-pyrrole nitrogens is 1. The molecule has 102 valence electrons. The number of aliphatic carboxylic acids is 1. The molecule has 1 aromatic heterocycles. The van der Waals surface area contributed by atoms with Crippen molar-refractivity contribution in [1.82, 2.24) is 9.97 Å². The molecule has 0 amide bonds. The van der Waals surface area contributed by atoms with E-state index in [9.17, 15) is 9.90 Å². The second kappa shape index (κ2) is 5.52. The third kappa shape index (κ3) is 3.57. The van der Waals surface area contributed by atoms with Crippen molar-refractivity contribution >= 4 is 5.97 Å². The maximum atomic E-state index is 11.2. The molecule has 1 rings (SSSR count). The highest BCUT2D eigenvalue weighted by Crippen LogP contribution is 2.16. The molecule has 5 nitrogen and oxygen atoms in total. The van der Waals surface area contributed by atoms with E-state index in [0.717, 1.165) is 17.9 Å². The zero-order valence-electron chi connectivity index (χ0n) is 11.9. The number of quaternary nitrogens is 1. The van der Waals surface area contributed by atoms with Gasteiger partial charge in [-0.2, -0.15) is 0 Å². The molecule has 0 aliphatic carbocycles. The lowest BCUT2D eigenvalue weighted by molar-refractivity contribution is -0.889. The molecule has 5 heteroatoms. The van der Waals surface area contributed by atoms with Crippen LogP contribution in [0.15, 0.2) is 6.20 Å². The van der Waals surface area contributed by atoms with Gasteiger partial charge in [0, 0.05) is 18.5 Å². The van der Waals surface area contributed by atoms with Crippen LogP contribution >= 0.6 is 0 Å². The topological polar surface area (TPSA) is 68.8 Å². The van der Waals surface area contributed by atoms with Crippen molar-refractivity contribution in [2.75, 3.05) is 21.1 Å². The minimum absolute atomic E-state index is 0.327. The van der Waals surface area contributed by atoms with E-state index in [1.807, 2.05) is 21.1 Å². The van der Waals surface area contributed by atoms with E-state index in [1.54, 1.807) is 6.20 Å². The molecule has 0 saturated heterocycles. The lowest BCUT2D eigenvalue weighted by Gasteiger charge is -2.34. The average Bonchev–Trinajstić information content (AvgIpc) is 2.71. The zero-order chi connectivity index (χ0) is 13.9.